The number of fused-ring (bicyclic) bond motifs is 3. The van der Waals surface area contributed by atoms with Crippen molar-refractivity contribution >= 4 is 11.4 Å². The molecule has 0 fully saturated rings. The number of para-hydroxylation sites is 1. The van der Waals surface area contributed by atoms with E-state index in [0.29, 0.717) is 0 Å². The number of nitrogens with zero attached hydrogens (tertiary/aromatic N) is 1. The standard InChI is InChI=1S/C26H19N/c1-3-11-19(12-4-1)25-23-17-8-7-15-21(23)22-16-9-10-18-24(22)27-26(25)20-13-5-2-6-14-20/h1-18,25H/t25-/m1/s1. The van der Waals surface area contributed by atoms with E-state index in [2.05, 4.69) is 109 Å². The molecule has 0 N–H and O–H groups in total. The molecule has 4 aromatic carbocycles. The summed E-state index contributed by atoms with van der Waals surface area (Å²) in [7, 11) is 0. The maximum absolute atomic E-state index is 5.20. The van der Waals surface area contributed by atoms with Gasteiger partial charge in [-0.15, -0.1) is 0 Å². The van der Waals surface area contributed by atoms with Crippen molar-refractivity contribution in [3.8, 4) is 11.1 Å². The molecule has 0 aromatic heterocycles. The molecule has 0 radical (unpaired) electrons. The summed E-state index contributed by atoms with van der Waals surface area (Å²) in [5.41, 5.74) is 8.31. The first kappa shape index (κ1) is 15.8. The van der Waals surface area contributed by atoms with Crippen molar-refractivity contribution in [2.45, 2.75) is 5.92 Å². The van der Waals surface area contributed by atoms with Gasteiger partial charge in [0, 0.05) is 5.56 Å². The molecule has 0 spiro atoms. The minimum Gasteiger partial charge on any atom is -0.251 e. The lowest BCUT2D eigenvalue weighted by molar-refractivity contribution is 1.08. The predicted molar refractivity (Wildman–Crippen MR) is 113 cm³/mol. The Morgan fingerprint density at radius 2 is 1.11 bits per heavy atom. The van der Waals surface area contributed by atoms with Gasteiger partial charge < -0.3 is 0 Å². The second-order valence-electron chi connectivity index (χ2n) is 6.81. The third kappa shape index (κ3) is 2.78. The Balaban J connectivity index is 1.86. The lowest BCUT2D eigenvalue weighted by Gasteiger charge is -2.21. The van der Waals surface area contributed by atoms with E-state index < -0.39 is 0 Å². The second kappa shape index (κ2) is 6.69. The third-order valence-corrected chi connectivity index (χ3v) is 5.18. The zero-order valence-corrected chi connectivity index (χ0v) is 14.9. The van der Waals surface area contributed by atoms with Gasteiger partial charge in [-0.3, -0.25) is 4.99 Å². The summed E-state index contributed by atoms with van der Waals surface area (Å²) in [6.07, 6.45) is 0. The van der Waals surface area contributed by atoms with E-state index in [1.807, 2.05) is 0 Å². The highest BCUT2D eigenvalue weighted by molar-refractivity contribution is 6.11. The summed E-state index contributed by atoms with van der Waals surface area (Å²) >= 11 is 0. The Morgan fingerprint density at radius 1 is 0.519 bits per heavy atom. The van der Waals surface area contributed by atoms with E-state index >= 15 is 0 Å². The molecule has 0 saturated carbocycles. The van der Waals surface area contributed by atoms with Crippen LogP contribution in [0.15, 0.2) is 114 Å². The first-order chi connectivity index (χ1) is 13.4. The second-order valence-corrected chi connectivity index (χ2v) is 6.81. The minimum atomic E-state index is 0.0946. The topological polar surface area (TPSA) is 12.4 Å². The maximum Gasteiger partial charge on any atom is 0.0712 e. The van der Waals surface area contributed by atoms with Gasteiger partial charge in [-0.05, 0) is 28.3 Å². The van der Waals surface area contributed by atoms with Crippen LogP contribution in [0.1, 0.15) is 22.6 Å². The van der Waals surface area contributed by atoms with Gasteiger partial charge in [0.1, 0.15) is 0 Å². The lowest BCUT2D eigenvalue weighted by atomic mass is 9.81. The van der Waals surface area contributed by atoms with E-state index in [0.717, 1.165) is 17.0 Å². The summed E-state index contributed by atoms with van der Waals surface area (Å²) < 4.78 is 0. The number of hydrogen-bond acceptors (Lipinski definition) is 1. The van der Waals surface area contributed by atoms with Crippen LogP contribution in [0.4, 0.5) is 5.69 Å². The molecule has 0 saturated heterocycles. The van der Waals surface area contributed by atoms with Gasteiger partial charge in [0.2, 0.25) is 0 Å². The average molecular weight is 345 g/mol. The maximum atomic E-state index is 5.20. The van der Waals surface area contributed by atoms with Crippen LogP contribution in [-0.2, 0) is 0 Å². The molecule has 0 unspecified atom stereocenters. The van der Waals surface area contributed by atoms with Crippen LogP contribution >= 0.6 is 0 Å². The Hall–Kier alpha value is -3.45. The number of rotatable bonds is 2. The van der Waals surface area contributed by atoms with Crippen LogP contribution in [0.25, 0.3) is 11.1 Å². The number of aliphatic imine (C=N–C) groups is 1. The first-order valence-corrected chi connectivity index (χ1v) is 9.29. The van der Waals surface area contributed by atoms with Crippen molar-refractivity contribution < 1.29 is 0 Å². The molecule has 128 valence electrons. The fourth-order valence-electron chi connectivity index (χ4n) is 3.96. The van der Waals surface area contributed by atoms with Gasteiger partial charge in [0.25, 0.3) is 0 Å². The van der Waals surface area contributed by atoms with Crippen molar-refractivity contribution in [3.05, 3.63) is 126 Å². The molecule has 1 heterocycles. The molecule has 5 rings (SSSR count). The molecular formula is C26H19N. The summed E-state index contributed by atoms with van der Waals surface area (Å²) in [5.74, 6) is 0.0946. The SMILES string of the molecule is c1ccc(C2=Nc3ccccc3-c3ccccc3[C@H]2c2ccccc2)cc1. The molecule has 1 aliphatic rings. The molecule has 0 bridgehead atoms. The molecule has 1 aliphatic heterocycles. The Kier molecular flexibility index (Phi) is 3.91. The van der Waals surface area contributed by atoms with Crippen LogP contribution in [-0.4, -0.2) is 5.71 Å². The number of hydrogen-bond donors (Lipinski definition) is 0. The molecule has 1 nitrogen and oxygen atoms in total. The Morgan fingerprint density at radius 3 is 1.89 bits per heavy atom. The summed E-state index contributed by atoms with van der Waals surface area (Å²) in [6, 6.07) is 38.4. The van der Waals surface area contributed by atoms with E-state index in [1.165, 1.54) is 22.3 Å². The average Bonchev–Trinajstić information content (AvgIpc) is 2.90. The summed E-state index contributed by atoms with van der Waals surface area (Å²) in [5, 5.41) is 0. The van der Waals surface area contributed by atoms with Crippen LogP contribution in [0.3, 0.4) is 0 Å². The van der Waals surface area contributed by atoms with E-state index in [9.17, 15) is 0 Å². The lowest BCUT2D eigenvalue weighted by Crippen LogP contribution is -2.15. The normalized spacial score (nSPS) is 15.3. The van der Waals surface area contributed by atoms with Crippen molar-refractivity contribution in [2.75, 3.05) is 0 Å². The quantitative estimate of drug-likeness (QED) is 0.387. The highest BCUT2D eigenvalue weighted by Crippen LogP contribution is 2.43. The van der Waals surface area contributed by atoms with Gasteiger partial charge in [0.05, 0.1) is 17.3 Å². The fraction of sp³-hybridized carbons (Fsp3) is 0.0385. The van der Waals surface area contributed by atoms with Crippen molar-refractivity contribution in [2.24, 2.45) is 4.99 Å². The van der Waals surface area contributed by atoms with Gasteiger partial charge in [-0.25, -0.2) is 0 Å². The van der Waals surface area contributed by atoms with Crippen molar-refractivity contribution in [3.63, 3.8) is 0 Å². The highest BCUT2D eigenvalue weighted by atomic mass is 14.8. The van der Waals surface area contributed by atoms with Crippen molar-refractivity contribution in [1.82, 2.24) is 0 Å². The smallest absolute Gasteiger partial charge is 0.0712 e. The van der Waals surface area contributed by atoms with Crippen LogP contribution < -0.4 is 0 Å². The highest BCUT2D eigenvalue weighted by Gasteiger charge is 2.28. The molecule has 0 aliphatic carbocycles. The Bertz CT molecular complexity index is 1110. The Labute approximate surface area is 159 Å². The molecular weight excluding hydrogens is 326 g/mol. The van der Waals surface area contributed by atoms with Crippen LogP contribution in [0.2, 0.25) is 0 Å². The largest absolute Gasteiger partial charge is 0.251 e. The van der Waals surface area contributed by atoms with Crippen molar-refractivity contribution in [1.29, 1.82) is 0 Å². The molecule has 1 atom stereocenters. The third-order valence-electron chi connectivity index (χ3n) is 5.18. The predicted octanol–water partition coefficient (Wildman–Crippen LogP) is 6.62. The van der Waals surface area contributed by atoms with Crippen LogP contribution in [0, 0.1) is 0 Å². The van der Waals surface area contributed by atoms with E-state index in [1.54, 1.807) is 0 Å². The number of benzene rings is 4. The molecule has 1 heteroatoms. The van der Waals surface area contributed by atoms with Crippen LogP contribution in [0.5, 0.6) is 0 Å². The van der Waals surface area contributed by atoms with E-state index in [-0.39, 0.29) is 5.92 Å². The van der Waals surface area contributed by atoms with Gasteiger partial charge in [-0.2, -0.15) is 0 Å². The minimum absolute atomic E-state index is 0.0946. The molecule has 4 aromatic rings. The zero-order chi connectivity index (χ0) is 18.1. The molecule has 0 amide bonds. The zero-order valence-electron chi connectivity index (χ0n) is 14.9. The fourth-order valence-corrected chi connectivity index (χ4v) is 3.96. The first-order valence-electron chi connectivity index (χ1n) is 9.29. The van der Waals surface area contributed by atoms with E-state index in [4.69, 9.17) is 4.99 Å². The molecule has 27 heavy (non-hydrogen) atoms. The summed E-state index contributed by atoms with van der Waals surface area (Å²) in [6.45, 7) is 0. The van der Waals surface area contributed by atoms with Gasteiger partial charge in [-0.1, -0.05) is 103 Å². The van der Waals surface area contributed by atoms with Gasteiger partial charge >= 0.3 is 0 Å². The monoisotopic (exact) mass is 345 g/mol. The van der Waals surface area contributed by atoms with Gasteiger partial charge in [0.15, 0.2) is 0 Å². The summed E-state index contributed by atoms with van der Waals surface area (Å²) in [4.78, 5) is 5.20.